The number of benzene rings is 1. The summed E-state index contributed by atoms with van der Waals surface area (Å²) in [6.07, 6.45) is 0. The molecule has 0 aromatic heterocycles. The lowest BCUT2D eigenvalue weighted by Crippen LogP contribution is -2.23. The van der Waals surface area contributed by atoms with Crippen molar-refractivity contribution in [2.24, 2.45) is 5.92 Å². The van der Waals surface area contributed by atoms with E-state index in [0.29, 0.717) is 0 Å². The van der Waals surface area contributed by atoms with Crippen LogP contribution in [0.15, 0.2) is 35.2 Å². The van der Waals surface area contributed by atoms with Gasteiger partial charge in [0.15, 0.2) is 0 Å². The molecule has 0 saturated heterocycles. The Morgan fingerprint density at radius 1 is 1.24 bits per heavy atom. The highest BCUT2D eigenvalue weighted by atomic mass is 32.2. The van der Waals surface area contributed by atoms with Crippen LogP contribution in [0.5, 0.6) is 0 Å². The highest BCUT2D eigenvalue weighted by Crippen LogP contribution is 2.23. The molecule has 94 valence electrons. The normalized spacial score (nSPS) is 12.6. The van der Waals surface area contributed by atoms with Crippen molar-refractivity contribution in [1.29, 1.82) is 0 Å². The molecular weight excluding hydrogens is 252 g/mol. The van der Waals surface area contributed by atoms with Crippen LogP contribution in [-0.2, 0) is 4.79 Å². The van der Waals surface area contributed by atoms with Gasteiger partial charge >= 0.3 is 5.97 Å². The zero-order chi connectivity index (χ0) is 12.7. The van der Waals surface area contributed by atoms with E-state index >= 15 is 0 Å². The summed E-state index contributed by atoms with van der Waals surface area (Å²) in [5, 5.41) is 8.75. The second-order valence-electron chi connectivity index (χ2n) is 4.04. The highest BCUT2D eigenvalue weighted by molar-refractivity contribution is 8.03. The van der Waals surface area contributed by atoms with Crippen LogP contribution in [0.1, 0.15) is 13.8 Å². The molecule has 0 spiro atoms. The van der Waals surface area contributed by atoms with Gasteiger partial charge in [-0.15, -0.1) is 23.5 Å². The summed E-state index contributed by atoms with van der Waals surface area (Å²) in [5.41, 5.74) is 0. The average Bonchev–Trinajstić information content (AvgIpc) is 2.29. The number of hydrogen-bond acceptors (Lipinski definition) is 3. The summed E-state index contributed by atoms with van der Waals surface area (Å²) in [4.78, 5) is 12.2. The van der Waals surface area contributed by atoms with Crippen molar-refractivity contribution in [1.82, 2.24) is 0 Å². The quantitative estimate of drug-likeness (QED) is 0.606. The summed E-state index contributed by atoms with van der Waals surface area (Å²) >= 11 is 3.31. The van der Waals surface area contributed by atoms with E-state index in [4.69, 9.17) is 5.11 Å². The van der Waals surface area contributed by atoms with Gasteiger partial charge in [-0.2, -0.15) is 0 Å². The third-order valence-corrected chi connectivity index (χ3v) is 5.06. The molecule has 0 aliphatic carbocycles. The largest absolute Gasteiger partial charge is 0.480 e. The third kappa shape index (κ3) is 5.50. The van der Waals surface area contributed by atoms with Crippen molar-refractivity contribution in [2.75, 3.05) is 11.5 Å². The van der Waals surface area contributed by atoms with Crippen molar-refractivity contribution in [3.8, 4) is 0 Å². The first-order chi connectivity index (χ1) is 8.11. The van der Waals surface area contributed by atoms with E-state index < -0.39 is 5.97 Å². The van der Waals surface area contributed by atoms with E-state index in [0.717, 1.165) is 11.5 Å². The molecule has 0 fully saturated rings. The lowest BCUT2D eigenvalue weighted by atomic mass is 10.1. The van der Waals surface area contributed by atoms with E-state index in [9.17, 15) is 4.79 Å². The minimum atomic E-state index is -0.699. The number of rotatable bonds is 7. The Kier molecular flexibility index (Phi) is 6.52. The topological polar surface area (TPSA) is 37.3 Å². The van der Waals surface area contributed by atoms with Crippen molar-refractivity contribution in [3.05, 3.63) is 30.3 Å². The number of thioether (sulfide) groups is 2. The van der Waals surface area contributed by atoms with E-state index in [1.54, 1.807) is 11.8 Å². The van der Waals surface area contributed by atoms with E-state index in [2.05, 4.69) is 12.1 Å². The first-order valence-corrected chi connectivity index (χ1v) is 7.67. The molecule has 0 aliphatic rings. The van der Waals surface area contributed by atoms with Crippen molar-refractivity contribution in [3.63, 3.8) is 0 Å². The van der Waals surface area contributed by atoms with Crippen LogP contribution in [-0.4, -0.2) is 27.8 Å². The Balaban J connectivity index is 2.26. The van der Waals surface area contributed by atoms with E-state index in [1.807, 2.05) is 32.0 Å². The Morgan fingerprint density at radius 2 is 1.88 bits per heavy atom. The first kappa shape index (κ1) is 14.5. The fourth-order valence-corrected chi connectivity index (χ4v) is 3.49. The number of carboxylic acids is 1. The van der Waals surface area contributed by atoms with Crippen LogP contribution in [0.25, 0.3) is 0 Å². The smallest absolute Gasteiger partial charge is 0.316 e. The molecule has 1 unspecified atom stereocenters. The maximum atomic E-state index is 11.0. The lowest BCUT2D eigenvalue weighted by Gasteiger charge is -2.15. The molecule has 0 heterocycles. The molecule has 1 aromatic carbocycles. The molecular formula is C13H18O2S2. The SMILES string of the molecule is CC(C)C(SCCSc1ccccc1)C(=O)O. The fourth-order valence-electron chi connectivity index (χ4n) is 1.40. The van der Waals surface area contributed by atoms with Crippen LogP contribution < -0.4 is 0 Å². The van der Waals surface area contributed by atoms with Crippen molar-refractivity contribution >= 4 is 29.5 Å². The van der Waals surface area contributed by atoms with Gasteiger partial charge in [-0.3, -0.25) is 4.79 Å². The summed E-state index contributed by atoms with van der Waals surface area (Å²) in [6.45, 7) is 3.91. The Bertz CT molecular complexity index is 339. The number of carboxylic acid groups (broad SMARTS) is 1. The Morgan fingerprint density at radius 3 is 2.41 bits per heavy atom. The molecule has 0 radical (unpaired) electrons. The zero-order valence-corrected chi connectivity index (χ0v) is 11.8. The fraction of sp³-hybridized carbons (Fsp3) is 0.462. The maximum Gasteiger partial charge on any atom is 0.316 e. The molecule has 0 aliphatic heterocycles. The van der Waals surface area contributed by atoms with Crippen LogP contribution in [0, 0.1) is 5.92 Å². The third-order valence-electron chi connectivity index (χ3n) is 2.24. The summed E-state index contributed by atoms with van der Waals surface area (Å²) < 4.78 is 0. The van der Waals surface area contributed by atoms with Gasteiger partial charge in [0, 0.05) is 16.4 Å². The number of hydrogen-bond donors (Lipinski definition) is 1. The minimum absolute atomic E-state index is 0.180. The van der Waals surface area contributed by atoms with Gasteiger partial charge in [0.2, 0.25) is 0 Å². The number of carbonyl (C=O) groups is 1. The van der Waals surface area contributed by atoms with Crippen LogP contribution in [0.4, 0.5) is 0 Å². The predicted octanol–water partition coefficient (Wildman–Crippen LogP) is 3.62. The van der Waals surface area contributed by atoms with E-state index in [1.165, 1.54) is 16.7 Å². The standard InChI is InChI=1S/C13H18O2S2/c1-10(2)12(13(14)15)17-9-8-16-11-6-4-3-5-7-11/h3-7,10,12H,8-9H2,1-2H3,(H,14,15). The second-order valence-corrected chi connectivity index (χ2v) is 6.45. The van der Waals surface area contributed by atoms with Gasteiger partial charge in [-0.25, -0.2) is 0 Å². The van der Waals surface area contributed by atoms with Crippen LogP contribution in [0.3, 0.4) is 0 Å². The molecule has 0 bridgehead atoms. The van der Waals surface area contributed by atoms with Gasteiger partial charge in [0.1, 0.15) is 5.25 Å². The van der Waals surface area contributed by atoms with Crippen LogP contribution in [0.2, 0.25) is 0 Å². The molecule has 1 atom stereocenters. The monoisotopic (exact) mass is 270 g/mol. The van der Waals surface area contributed by atoms with Gasteiger partial charge in [0.25, 0.3) is 0 Å². The summed E-state index contributed by atoms with van der Waals surface area (Å²) in [7, 11) is 0. The van der Waals surface area contributed by atoms with Gasteiger partial charge in [-0.05, 0) is 18.1 Å². The molecule has 2 nitrogen and oxygen atoms in total. The van der Waals surface area contributed by atoms with Gasteiger partial charge in [0.05, 0.1) is 0 Å². The molecule has 17 heavy (non-hydrogen) atoms. The Hall–Kier alpha value is -0.610. The molecule has 4 heteroatoms. The number of aliphatic carboxylic acids is 1. The van der Waals surface area contributed by atoms with Crippen molar-refractivity contribution in [2.45, 2.75) is 24.0 Å². The zero-order valence-electron chi connectivity index (χ0n) is 10.1. The lowest BCUT2D eigenvalue weighted by molar-refractivity contribution is -0.137. The Labute approximate surface area is 111 Å². The molecule has 1 aromatic rings. The van der Waals surface area contributed by atoms with E-state index in [-0.39, 0.29) is 11.2 Å². The predicted molar refractivity (Wildman–Crippen MR) is 75.9 cm³/mol. The molecule has 0 amide bonds. The average molecular weight is 270 g/mol. The molecule has 1 rings (SSSR count). The maximum absolute atomic E-state index is 11.0. The van der Waals surface area contributed by atoms with Gasteiger partial charge in [-0.1, -0.05) is 32.0 Å². The van der Waals surface area contributed by atoms with Gasteiger partial charge < -0.3 is 5.11 Å². The molecule has 0 saturated carbocycles. The molecule has 1 N–H and O–H groups in total. The summed E-state index contributed by atoms with van der Waals surface area (Å²) in [5.74, 6) is 1.30. The highest BCUT2D eigenvalue weighted by Gasteiger charge is 2.21. The minimum Gasteiger partial charge on any atom is -0.480 e. The summed E-state index contributed by atoms with van der Waals surface area (Å²) in [6, 6.07) is 10.2. The second kappa shape index (κ2) is 7.67. The van der Waals surface area contributed by atoms with Crippen molar-refractivity contribution < 1.29 is 9.90 Å². The van der Waals surface area contributed by atoms with Crippen LogP contribution >= 0.6 is 23.5 Å². The first-order valence-electron chi connectivity index (χ1n) is 5.63.